The fourth-order valence-electron chi connectivity index (χ4n) is 2.23. The number of ether oxygens (including phenoxy) is 2. The summed E-state index contributed by atoms with van der Waals surface area (Å²) in [5.41, 5.74) is 0.551. The molecule has 0 radical (unpaired) electrons. The van der Waals surface area contributed by atoms with Crippen molar-refractivity contribution in [3.05, 3.63) is 24.3 Å². The molecule has 0 aliphatic carbocycles. The van der Waals surface area contributed by atoms with Crippen LogP contribution in [0.4, 0.5) is 5.69 Å². The Morgan fingerprint density at radius 2 is 2.12 bits per heavy atom. The minimum absolute atomic E-state index is 0.0180. The van der Waals surface area contributed by atoms with Crippen LogP contribution in [0, 0.1) is 0 Å². The lowest BCUT2D eigenvalue weighted by atomic mass is 10.2. The number of thioether (sulfide) groups is 1. The van der Waals surface area contributed by atoms with Gasteiger partial charge in [0.15, 0.2) is 0 Å². The number of methoxy groups -OCH3 is 1. The predicted molar refractivity (Wildman–Crippen MR) is 91.1 cm³/mol. The highest BCUT2D eigenvalue weighted by Gasteiger charge is 2.34. The summed E-state index contributed by atoms with van der Waals surface area (Å²) in [6.45, 7) is 1.97. The standard InChI is InChI=1S/C16H20N2O5S/c1-3-23-16(21)11-9-24-13(15(20)18-11)8-14(19)17-10-6-4-5-7-12(10)22-2/h4-7,11,13H,3,8-9H2,1-2H3,(H,17,19)(H,18,20). The van der Waals surface area contributed by atoms with Gasteiger partial charge in [-0.2, -0.15) is 0 Å². The minimum Gasteiger partial charge on any atom is -0.495 e. The molecule has 0 aromatic heterocycles. The van der Waals surface area contributed by atoms with E-state index in [2.05, 4.69) is 10.6 Å². The summed E-state index contributed by atoms with van der Waals surface area (Å²) in [6.07, 6.45) is 0.0180. The number of esters is 1. The van der Waals surface area contributed by atoms with Crippen molar-refractivity contribution in [1.29, 1.82) is 0 Å². The number of nitrogens with one attached hydrogen (secondary N) is 2. The van der Waals surface area contributed by atoms with Crippen LogP contribution in [0.2, 0.25) is 0 Å². The summed E-state index contributed by atoms with van der Waals surface area (Å²) in [6, 6.07) is 6.39. The first kappa shape index (κ1) is 18.1. The molecule has 1 heterocycles. The van der Waals surface area contributed by atoms with Gasteiger partial charge in [-0.15, -0.1) is 11.8 Å². The second kappa shape index (κ2) is 8.58. The fourth-order valence-corrected chi connectivity index (χ4v) is 3.37. The number of amides is 2. The van der Waals surface area contributed by atoms with E-state index in [9.17, 15) is 14.4 Å². The number of hydrogen-bond donors (Lipinski definition) is 2. The minimum atomic E-state index is -0.657. The van der Waals surface area contributed by atoms with Crippen molar-refractivity contribution >= 4 is 35.2 Å². The summed E-state index contributed by atoms with van der Waals surface area (Å²) in [4.78, 5) is 35.9. The number of carbonyl (C=O) groups is 3. The van der Waals surface area contributed by atoms with E-state index in [4.69, 9.17) is 9.47 Å². The van der Waals surface area contributed by atoms with Gasteiger partial charge in [-0.05, 0) is 19.1 Å². The number of benzene rings is 1. The molecule has 1 aliphatic heterocycles. The van der Waals surface area contributed by atoms with E-state index in [0.717, 1.165) is 0 Å². The average Bonchev–Trinajstić information content (AvgIpc) is 2.57. The van der Waals surface area contributed by atoms with Crippen molar-refractivity contribution in [3.63, 3.8) is 0 Å². The third kappa shape index (κ3) is 4.64. The highest BCUT2D eigenvalue weighted by atomic mass is 32.2. The van der Waals surface area contributed by atoms with E-state index >= 15 is 0 Å². The summed E-state index contributed by atoms with van der Waals surface area (Å²) >= 11 is 1.28. The van der Waals surface area contributed by atoms with Crippen LogP contribution < -0.4 is 15.4 Å². The maximum absolute atomic E-state index is 12.2. The number of anilines is 1. The van der Waals surface area contributed by atoms with Crippen LogP contribution in [-0.4, -0.2) is 48.5 Å². The van der Waals surface area contributed by atoms with Crippen LogP contribution in [0.5, 0.6) is 5.75 Å². The summed E-state index contributed by atoms with van der Waals surface area (Å²) in [7, 11) is 1.52. The van der Waals surface area contributed by atoms with Crippen LogP contribution in [0.1, 0.15) is 13.3 Å². The smallest absolute Gasteiger partial charge is 0.329 e. The van der Waals surface area contributed by atoms with Gasteiger partial charge in [0.05, 0.1) is 24.7 Å². The molecule has 7 nitrogen and oxygen atoms in total. The molecule has 0 spiro atoms. The Labute approximate surface area is 144 Å². The maximum Gasteiger partial charge on any atom is 0.329 e. The molecule has 0 saturated carbocycles. The van der Waals surface area contributed by atoms with Crippen molar-refractivity contribution in [2.24, 2.45) is 0 Å². The lowest BCUT2D eigenvalue weighted by Crippen LogP contribution is -2.51. The van der Waals surface area contributed by atoms with Crippen LogP contribution in [0.3, 0.4) is 0 Å². The lowest BCUT2D eigenvalue weighted by molar-refractivity contribution is -0.146. The SMILES string of the molecule is CCOC(=O)C1CSC(CC(=O)Nc2ccccc2OC)C(=O)N1. The number of hydrogen-bond acceptors (Lipinski definition) is 6. The van der Waals surface area contributed by atoms with Gasteiger partial charge in [0.1, 0.15) is 11.8 Å². The molecule has 2 rings (SSSR count). The second-order valence-electron chi connectivity index (χ2n) is 5.09. The molecule has 0 bridgehead atoms. The molecule has 2 amide bonds. The zero-order valence-electron chi connectivity index (χ0n) is 13.5. The van der Waals surface area contributed by atoms with E-state index in [-0.39, 0.29) is 24.8 Å². The first-order valence-electron chi connectivity index (χ1n) is 7.56. The van der Waals surface area contributed by atoms with Crippen molar-refractivity contribution in [2.75, 3.05) is 24.8 Å². The monoisotopic (exact) mass is 352 g/mol. The van der Waals surface area contributed by atoms with Gasteiger partial charge in [-0.1, -0.05) is 12.1 Å². The molecule has 8 heteroatoms. The zero-order valence-corrected chi connectivity index (χ0v) is 14.4. The Morgan fingerprint density at radius 1 is 1.38 bits per heavy atom. The van der Waals surface area contributed by atoms with E-state index in [1.54, 1.807) is 31.2 Å². The Morgan fingerprint density at radius 3 is 2.79 bits per heavy atom. The molecule has 2 N–H and O–H groups in total. The summed E-state index contributed by atoms with van der Waals surface area (Å²) in [5, 5.41) is 4.80. The highest BCUT2D eigenvalue weighted by molar-refractivity contribution is 8.00. The lowest BCUT2D eigenvalue weighted by Gasteiger charge is -2.27. The fraction of sp³-hybridized carbons (Fsp3) is 0.438. The number of rotatable bonds is 6. The molecule has 1 aromatic carbocycles. The predicted octanol–water partition coefficient (Wildman–Crippen LogP) is 1.19. The normalized spacial score (nSPS) is 20.0. The third-order valence-corrected chi connectivity index (χ3v) is 4.70. The van der Waals surface area contributed by atoms with Crippen LogP contribution in [-0.2, 0) is 19.1 Å². The number of carbonyl (C=O) groups excluding carboxylic acids is 3. The van der Waals surface area contributed by atoms with Gasteiger partial charge in [0.25, 0.3) is 0 Å². The molecule has 130 valence electrons. The van der Waals surface area contributed by atoms with Crippen LogP contribution >= 0.6 is 11.8 Å². The molecular formula is C16H20N2O5S. The Balaban J connectivity index is 1.89. The van der Waals surface area contributed by atoms with Gasteiger partial charge in [0, 0.05) is 12.2 Å². The third-order valence-electron chi connectivity index (χ3n) is 3.40. The second-order valence-corrected chi connectivity index (χ2v) is 6.32. The van der Waals surface area contributed by atoms with Crippen molar-refractivity contribution in [3.8, 4) is 5.75 Å². The van der Waals surface area contributed by atoms with Crippen LogP contribution in [0.25, 0.3) is 0 Å². The molecule has 1 aliphatic rings. The summed E-state index contributed by atoms with van der Waals surface area (Å²) < 4.78 is 10.1. The topological polar surface area (TPSA) is 93.7 Å². The van der Waals surface area contributed by atoms with Crippen molar-refractivity contribution < 1.29 is 23.9 Å². The van der Waals surface area contributed by atoms with E-state index in [0.29, 0.717) is 17.2 Å². The van der Waals surface area contributed by atoms with E-state index < -0.39 is 17.3 Å². The number of para-hydroxylation sites is 2. The maximum atomic E-state index is 12.2. The Hall–Kier alpha value is -2.22. The Kier molecular flexibility index (Phi) is 6.48. The van der Waals surface area contributed by atoms with E-state index in [1.165, 1.54) is 18.9 Å². The molecule has 1 fully saturated rings. The van der Waals surface area contributed by atoms with Gasteiger partial charge >= 0.3 is 5.97 Å². The molecular weight excluding hydrogens is 332 g/mol. The first-order chi connectivity index (χ1) is 11.5. The Bertz CT molecular complexity index is 622. The van der Waals surface area contributed by atoms with Gasteiger partial charge < -0.3 is 20.1 Å². The summed E-state index contributed by atoms with van der Waals surface area (Å²) in [5.74, 6) is -0.137. The van der Waals surface area contributed by atoms with Gasteiger partial charge in [-0.25, -0.2) is 4.79 Å². The molecule has 2 atom stereocenters. The van der Waals surface area contributed by atoms with Crippen molar-refractivity contribution in [1.82, 2.24) is 5.32 Å². The highest BCUT2D eigenvalue weighted by Crippen LogP contribution is 2.25. The largest absolute Gasteiger partial charge is 0.495 e. The molecule has 2 unspecified atom stereocenters. The molecule has 1 saturated heterocycles. The molecule has 1 aromatic rings. The quantitative estimate of drug-likeness (QED) is 0.747. The molecule has 24 heavy (non-hydrogen) atoms. The van der Waals surface area contributed by atoms with Gasteiger partial charge in [-0.3, -0.25) is 9.59 Å². The van der Waals surface area contributed by atoms with Crippen LogP contribution in [0.15, 0.2) is 24.3 Å². The van der Waals surface area contributed by atoms with E-state index in [1.807, 2.05) is 0 Å². The van der Waals surface area contributed by atoms with Crippen molar-refractivity contribution in [2.45, 2.75) is 24.6 Å². The zero-order chi connectivity index (χ0) is 17.5. The first-order valence-corrected chi connectivity index (χ1v) is 8.61. The average molecular weight is 352 g/mol. The van der Waals surface area contributed by atoms with Gasteiger partial charge in [0.2, 0.25) is 11.8 Å².